The van der Waals surface area contributed by atoms with Crippen molar-refractivity contribution in [2.75, 3.05) is 0 Å². The first-order valence-electron chi connectivity index (χ1n) is 4.59. The second-order valence-electron chi connectivity index (χ2n) is 3.28. The molecule has 2 aromatic heterocycles. The molecule has 0 fully saturated rings. The van der Waals surface area contributed by atoms with E-state index in [1.807, 2.05) is 16.9 Å². The lowest BCUT2D eigenvalue weighted by Crippen LogP contribution is -1.96. The van der Waals surface area contributed by atoms with Gasteiger partial charge in [0.25, 0.3) is 0 Å². The Morgan fingerprint density at radius 2 is 2.33 bits per heavy atom. The summed E-state index contributed by atoms with van der Waals surface area (Å²) in [4.78, 5) is 9.50. The number of nitrogens with zero attached hydrogens (tertiary/aromatic N) is 2. The molecule has 1 aliphatic rings. The summed E-state index contributed by atoms with van der Waals surface area (Å²) in [6.45, 7) is 0. The second kappa shape index (κ2) is 3.50. The Balaban J connectivity index is 2.12. The van der Waals surface area contributed by atoms with Crippen molar-refractivity contribution < 1.29 is 5.11 Å². The number of aromatic hydroxyl groups is 1. The van der Waals surface area contributed by atoms with Crippen LogP contribution in [0.2, 0.25) is 0 Å². The van der Waals surface area contributed by atoms with Crippen LogP contribution in [0.15, 0.2) is 22.9 Å². The van der Waals surface area contributed by atoms with E-state index in [0.29, 0.717) is 5.69 Å². The summed E-state index contributed by atoms with van der Waals surface area (Å²) in [5, 5.41) is 14.0. The number of thiophene rings is 1. The van der Waals surface area contributed by atoms with Gasteiger partial charge in [0.05, 0.1) is 5.25 Å². The molecule has 5 heteroatoms. The maximum Gasteiger partial charge on any atom is 0.235 e. The van der Waals surface area contributed by atoms with Crippen LogP contribution in [0.3, 0.4) is 0 Å². The van der Waals surface area contributed by atoms with Crippen LogP contribution in [0.4, 0.5) is 0 Å². The molecule has 1 N–H and O–H groups in total. The van der Waals surface area contributed by atoms with E-state index in [1.165, 1.54) is 0 Å². The van der Waals surface area contributed by atoms with Gasteiger partial charge >= 0.3 is 0 Å². The van der Waals surface area contributed by atoms with Crippen LogP contribution in [0, 0.1) is 0 Å². The number of hydrogen-bond donors (Lipinski definition) is 1. The molecule has 3 heterocycles. The van der Waals surface area contributed by atoms with Crippen molar-refractivity contribution in [3.8, 4) is 5.88 Å². The van der Waals surface area contributed by atoms with Gasteiger partial charge in [0.1, 0.15) is 16.0 Å². The van der Waals surface area contributed by atoms with Crippen LogP contribution in [-0.4, -0.2) is 15.1 Å². The van der Waals surface area contributed by atoms with E-state index in [1.54, 1.807) is 23.1 Å². The van der Waals surface area contributed by atoms with Gasteiger partial charge in [0.2, 0.25) is 5.88 Å². The van der Waals surface area contributed by atoms with Crippen molar-refractivity contribution in [2.24, 2.45) is 0 Å². The molecule has 76 valence electrons. The molecule has 3 nitrogen and oxygen atoms in total. The normalized spacial score (nSPS) is 20.1. The quantitative estimate of drug-likeness (QED) is 0.826. The minimum absolute atomic E-state index is 0.0714. The first-order chi connectivity index (χ1) is 7.34. The standard InChI is InChI=1S/C10H8N2OS2/c13-9-8(7-2-1-4-14-7)12-10-6(11-9)3-5-15-10/h1,3-5,7H,2H2,(H,11,13). The molecule has 0 aliphatic carbocycles. The number of fused-ring (bicyclic) bond motifs is 1. The van der Waals surface area contributed by atoms with E-state index in [4.69, 9.17) is 0 Å². The molecule has 0 bridgehead atoms. The molecule has 0 aromatic carbocycles. The maximum atomic E-state index is 9.78. The highest BCUT2D eigenvalue weighted by Gasteiger charge is 2.20. The predicted octanol–water partition coefficient (Wildman–Crippen LogP) is 3.09. The SMILES string of the molecule is Oc1nc2ccsc2nc1C1CC=CS1. The Kier molecular flexibility index (Phi) is 2.14. The van der Waals surface area contributed by atoms with Crippen LogP contribution in [0.1, 0.15) is 17.4 Å². The van der Waals surface area contributed by atoms with Crippen LogP contribution >= 0.6 is 23.1 Å². The van der Waals surface area contributed by atoms with Gasteiger partial charge in [-0.05, 0) is 23.3 Å². The molecule has 2 aromatic rings. The molecule has 3 rings (SSSR count). The minimum Gasteiger partial charge on any atom is -0.492 e. The zero-order chi connectivity index (χ0) is 10.3. The largest absolute Gasteiger partial charge is 0.492 e. The van der Waals surface area contributed by atoms with Crippen molar-refractivity contribution in [3.05, 3.63) is 28.6 Å². The maximum absolute atomic E-state index is 9.78. The first kappa shape index (κ1) is 9.18. The average molecular weight is 236 g/mol. The van der Waals surface area contributed by atoms with Crippen LogP contribution < -0.4 is 0 Å². The summed E-state index contributed by atoms with van der Waals surface area (Å²) in [6, 6.07) is 1.87. The number of rotatable bonds is 1. The molecule has 15 heavy (non-hydrogen) atoms. The monoisotopic (exact) mass is 236 g/mol. The fourth-order valence-corrected chi connectivity index (χ4v) is 3.20. The smallest absolute Gasteiger partial charge is 0.235 e. The van der Waals surface area contributed by atoms with Gasteiger partial charge in [-0.3, -0.25) is 0 Å². The zero-order valence-corrected chi connectivity index (χ0v) is 9.38. The van der Waals surface area contributed by atoms with Crippen molar-refractivity contribution >= 4 is 33.4 Å². The Bertz CT molecular complexity index is 527. The highest BCUT2D eigenvalue weighted by molar-refractivity contribution is 8.02. The molecular formula is C10H8N2OS2. The number of allylic oxidation sites excluding steroid dienone is 1. The van der Waals surface area contributed by atoms with Gasteiger partial charge in [-0.15, -0.1) is 23.1 Å². The predicted molar refractivity (Wildman–Crippen MR) is 63.2 cm³/mol. The number of aromatic nitrogens is 2. The van der Waals surface area contributed by atoms with Crippen LogP contribution in [-0.2, 0) is 0 Å². The van der Waals surface area contributed by atoms with Crippen molar-refractivity contribution in [1.29, 1.82) is 0 Å². The van der Waals surface area contributed by atoms with E-state index in [2.05, 4.69) is 16.0 Å². The molecule has 1 aliphatic heterocycles. The Morgan fingerprint density at radius 1 is 1.40 bits per heavy atom. The molecule has 0 spiro atoms. The summed E-state index contributed by atoms with van der Waals surface area (Å²) in [6.07, 6.45) is 3.01. The summed E-state index contributed by atoms with van der Waals surface area (Å²) in [7, 11) is 0. The number of thioether (sulfide) groups is 1. The van der Waals surface area contributed by atoms with Gasteiger partial charge < -0.3 is 5.11 Å². The summed E-state index contributed by atoms with van der Waals surface area (Å²) in [5.74, 6) is 0.0714. The summed E-state index contributed by atoms with van der Waals surface area (Å²) < 4.78 is 0. The van der Waals surface area contributed by atoms with Crippen molar-refractivity contribution in [2.45, 2.75) is 11.7 Å². The minimum atomic E-state index is 0.0714. The zero-order valence-electron chi connectivity index (χ0n) is 7.75. The molecule has 0 saturated carbocycles. The molecule has 1 unspecified atom stereocenters. The highest BCUT2D eigenvalue weighted by atomic mass is 32.2. The van der Waals surface area contributed by atoms with Crippen LogP contribution in [0.25, 0.3) is 10.3 Å². The van der Waals surface area contributed by atoms with Crippen molar-refractivity contribution in [3.63, 3.8) is 0 Å². The molecule has 0 saturated heterocycles. The van der Waals surface area contributed by atoms with E-state index in [0.717, 1.165) is 16.8 Å². The highest BCUT2D eigenvalue weighted by Crippen LogP contribution is 2.41. The lowest BCUT2D eigenvalue weighted by Gasteiger charge is -2.08. The van der Waals surface area contributed by atoms with Gasteiger partial charge in [0, 0.05) is 0 Å². The first-order valence-corrected chi connectivity index (χ1v) is 6.41. The Labute approximate surface area is 94.9 Å². The fourth-order valence-electron chi connectivity index (χ4n) is 1.57. The number of hydrogen-bond acceptors (Lipinski definition) is 5. The molecule has 0 amide bonds. The summed E-state index contributed by atoms with van der Waals surface area (Å²) in [5.41, 5.74) is 1.48. The summed E-state index contributed by atoms with van der Waals surface area (Å²) >= 11 is 3.24. The van der Waals surface area contributed by atoms with Gasteiger partial charge in [-0.25, -0.2) is 9.97 Å². The fraction of sp³-hybridized carbons (Fsp3) is 0.200. The second-order valence-corrected chi connectivity index (χ2v) is 5.28. The van der Waals surface area contributed by atoms with E-state index >= 15 is 0 Å². The van der Waals surface area contributed by atoms with Gasteiger partial charge in [-0.1, -0.05) is 6.08 Å². The van der Waals surface area contributed by atoms with E-state index in [9.17, 15) is 5.11 Å². The van der Waals surface area contributed by atoms with Crippen LogP contribution in [0.5, 0.6) is 5.88 Å². The molecular weight excluding hydrogens is 228 g/mol. The molecule has 0 radical (unpaired) electrons. The third-order valence-corrected chi connectivity index (χ3v) is 4.19. The van der Waals surface area contributed by atoms with Crippen molar-refractivity contribution in [1.82, 2.24) is 9.97 Å². The van der Waals surface area contributed by atoms with Gasteiger partial charge in [-0.2, -0.15) is 0 Å². The topological polar surface area (TPSA) is 46.0 Å². The van der Waals surface area contributed by atoms with E-state index < -0.39 is 0 Å². The van der Waals surface area contributed by atoms with Gasteiger partial charge in [0.15, 0.2) is 0 Å². The molecule has 1 atom stereocenters. The lowest BCUT2D eigenvalue weighted by atomic mass is 10.2. The third kappa shape index (κ3) is 1.52. The lowest BCUT2D eigenvalue weighted by molar-refractivity contribution is 0.444. The Morgan fingerprint density at radius 3 is 3.13 bits per heavy atom. The van der Waals surface area contributed by atoms with E-state index in [-0.39, 0.29) is 11.1 Å². The average Bonchev–Trinajstić information content (AvgIpc) is 2.85. The third-order valence-electron chi connectivity index (χ3n) is 2.30. The Hall–Kier alpha value is -1.07.